The molecule has 0 aliphatic heterocycles. The highest BCUT2D eigenvalue weighted by atomic mass is 19.1. The fourth-order valence-electron chi connectivity index (χ4n) is 2.02. The normalized spacial score (nSPS) is 19.2. The second kappa shape index (κ2) is 5.37. The van der Waals surface area contributed by atoms with Crippen molar-refractivity contribution in [3.63, 3.8) is 0 Å². The van der Waals surface area contributed by atoms with E-state index in [9.17, 15) is 4.39 Å². The predicted molar refractivity (Wildman–Crippen MR) is 68.6 cm³/mol. The first-order valence-electron chi connectivity index (χ1n) is 6.89. The zero-order valence-electron chi connectivity index (χ0n) is 10.6. The summed E-state index contributed by atoms with van der Waals surface area (Å²) in [6.45, 7) is 2.02. The van der Waals surface area contributed by atoms with Crippen LogP contribution in [0.4, 0.5) is 4.39 Å². The topological polar surface area (TPSA) is 21.3 Å². The number of nitrogens with one attached hydrogen (secondary N) is 1. The summed E-state index contributed by atoms with van der Waals surface area (Å²) in [6.07, 6.45) is 5.10. The Bertz CT molecular complexity index is 413. The molecule has 0 bridgehead atoms. The lowest BCUT2D eigenvalue weighted by molar-refractivity contribution is 0.109. The summed E-state index contributed by atoms with van der Waals surface area (Å²) in [6, 6.07) is 6.02. The Morgan fingerprint density at radius 1 is 1.22 bits per heavy atom. The molecular weight excluding hydrogens is 229 g/mol. The first kappa shape index (κ1) is 12.1. The van der Waals surface area contributed by atoms with E-state index in [1.54, 1.807) is 6.07 Å². The van der Waals surface area contributed by atoms with Crippen LogP contribution in [0, 0.1) is 11.7 Å². The first-order valence-corrected chi connectivity index (χ1v) is 6.89. The molecule has 98 valence electrons. The maximum absolute atomic E-state index is 13.6. The van der Waals surface area contributed by atoms with Gasteiger partial charge in [0, 0.05) is 24.8 Å². The minimum atomic E-state index is -0.152. The third kappa shape index (κ3) is 3.53. The molecule has 2 aliphatic carbocycles. The van der Waals surface area contributed by atoms with Crippen molar-refractivity contribution >= 4 is 0 Å². The summed E-state index contributed by atoms with van der Waals surface area (Å²) < 4.78 is 19.2. The molecule has 0 amide bonds. The fraction of sp³-hybridized carbons (Fsp3) is 0.600. The lowest BCUT2D eigenvalue weighted by atomic mass is 10.1. The van der Waals surface area contributed by atoms with Gasteiger partial charge in [-0.05, 0) is 49.3 Å². The molecule has 3 heteroatoms. The lowest BCUT2D eigenvalue weighted by Gasteiger charge is -2.08. The van der Waals surface area contributed by atoms with E-state index >= 15 is 0 Å². The standard InChI is InChI=1S/C15H20FNO/c16-15-6-3-12(8-17-14-4-5-14)7-13(15)10-18-9-11-1-2-11/h3,6-7,11,14,17H,1-2,4-5,8-10H2. The van der Waals surface area contributed by atoms with Gasteiger partial charge in [0.05, 0.1) is 6.61 Å². The van der Waals surface area contributed by atoms with Gasteiger partial charge >= 0.3 is 0 Å². The molecular formula is C15H20FNO. The van der Waals surface area contributed by atoms with Crippen molar-refractivity contribution in [2.45, 2.75) is 44.9 Å². The van der Waals surface area contributed by atoms with Crippen LogP contribution >= 0.6 is 0 Å². The van der Waals surface area contributed by atoms with Crippen LogP contribution in [0.3, 0.4) is 0 Å². The molecule has 0 radical (unpaired) electrons. The fourth-order valence-corrected chi connectivity index (χ4v) is 2.02. The van der Waals surface area contributed by atoms with Crippen molar-refractivity contribution in [1.82, 2.24) is 5.32 Å². The summed E-state index contributed by atoms with van der Waals surface area (Å²) in [4.78, 5) is 0. The van der Waals surface area contributed by atoms with Gasteiger partial charge in [0.15, 0.2) is 0 Å². The van der Waals surface area contributed by atoms with Crippen molar-refractivity contribution < 1.29 is 9.13 Å². The number of halogens is 1. The first-order chi connectivity index (χ1) is 8.81. The Morgan fingerprint density at radius 3 is 2.78 bits per heavy atom. The smallest absolute Gasteiger partial charge is 0.128 e. The van der Waals surface area contributed by atoms with E-state index in [0.717, 1.165) is 24.6 Å². The van der Waals surface area contributed by atoms with Gasteiger partial charge in [-0.3, -0.25) is 0 Å². The molecule has 0 spiro atoms. The number of hydrogen-bond acceptors (Lipinski definition) is 2. The average molecular weight is 249 g/mol. The molecule has 18 heavy (non-hydrogen) atoms. The average Bonchev–Trinajstić information content (AvgIpc) is 3.24. The zero-order valence-corrected chi connectivity index (χ0v) is 10.6. The van der Waals surface area contributed by atoms with Crippen LogP contribution in [0.15, 0.2) is 18.2 Å². The molecule has 0 aromatic heterocycles. The van der Waals surface area contributed by atoms with Crippen molar-refractivity contribution in [1.29, 1.82) is 0 Å². The Kier molecular flexibility index (Phi) is 3.62. The second-order valence-electron chi connectivity index (χ2n) is 5.54. The molecule has 0 unspecified atom stereocenters. The van der Waals surface area contributed by atoms with Crippen molar-refractivity contribution in [2.24, 2.45) is 5.92 Å². The number of hydrogen-bond donors (Lipinski definition) is 1. The largest absolute Gasteiger partial charge is 0.376 e. The quantitative estimate of drug-likeness (QED) is 0.802. The molecule has 0 saturated heterocycles. The highest BCUT2D eigenvalue weighted by Gasteiger charge is 2.21. The van der Waals surface area contributed by atoms with Crippen molar-refractivity contribution in [3.05, 3.63) is 35.1 Å². The van der Waals surface area contributed by atoms with Gasteiger partial charge in [-0.15, -0.1) is 0 Å². The molecule has 1 aromatic rings. The molecule has 2 saturated carbocycles. The van der Waals surface area contributed by atoms with E-state index in [2.05, 4.69) is 5.32 Å². The minimum Gasteiger partial charge on any atom is -0.376 e. The third-order valence-corrected chi connectivity index (χ3v) is 3.59. The van der Waals surface area contributed by atoms with Crippen LogP contribution in [0.1, 0.15) is 36.8 Å². The Balaban J connectivity index is 1.53. The summed E-state index contributed by atoms with van der Waals surface area (Å²) in [7, 11) is 0. The van der Waals surface area contributed by atoms with E-state index in [-0.39, 0.29) is 5.82 Å². The van der Waals surface area contributed by atoms with Crippen molar-refractivity contribution in [3.8, 4) is 0 Å². The third-order valence-electron chi connectivity index (χ3n) is 3.59. The van der Waals surface area contributed by atoms with E-state index in [4.69, 9.17) is 4.74 Å². The Morgan fingerprint density at radius 2 is 2.06 bits per heavy atom. The van der Waals surface area contributed by atoms with Crippen LogP contribution < -0.4 is 5.32 Å². The maximum Gasteiger partial charge on any atom is 0.128 e. The SMILES string of the molecule is Fc1ccc(CNC2CC2)cc1COCC1CC1. The molecule has 2 nitrogen and oxygen atoms in total. The highest BCUT2D eigenvalue weighted by molar-refractivity contribution is 5.24. The van der Waals surface area contributed by atoms with Gasteiger partial charge < -0.3 is 10.1 Å². The van der Waals surface area contributed by atoms with Gasteiger partial charge in [0.2, 0.25) is 0 Å². The van der Waals surface area contributed by atoms with Gasteiger partial charge in [-0.25, -0.2) is 4.39 Å². The zero-order chi connectivity index (χ0) is 12.4. The highest BCUT2D eigenvalue weighted by Crippen LogP contribution is 2.29. The Labute approximate surface area is 108 Å². The molecule has 1 N–H and O–H groups in total. The van der Waals surface area contributed by atoms with E-state index < -0.39 is 0 Å². The monoisotopic (exact) mass is 249 g/mol. The number of rotatable bonds is 7. The summed E-state index contributed by atoms with van der Waals surface area (Å²) in [5.41, 5.74) is 1.83. The van der Waals surface area contributed by atoms with E-state index in [0.29, 0.717) is 18.2 Å². The molecule has 1 aromatic carbocycles. The van der Waals surface area contributed by atoms with Gasteiger partial charge in [0.25, 0.3) is 0 Å². The predicted octanol–water partition coefficient (Wildman–Crippen LogP) is 3.00. The molecule has 3 rings (SSSR count). The van der Waals surface area contributed by atoms with Crippen LogP contribution in [0.5, 0.6) is 0 Å². The molecule has 2 aliphatic rings. The number of ether oxygens (including phenoxy) is 1. The second-order valence-corrected chi connectivity index (χ2v) is 5.54. The van der Waals surface area contributed by atoms with Gasteiger partial charge in [-0.2, -0.15) is 0 Å². The molecule has 0 atom stereocenters. The van der Waals surface area contributed by atoms with E-state index in [1.807, 2.05) is 12.1 Å². The number of benzene rings is 1. The summed E-state index contributed by atoms with van der Waals surface area (Å²) in [5, 5.41) is 3.44. The molecule has 2 fully saturated rings. The summed E-state index contributed by atoms with van der Waals surface area (Å²) in [5.74, 6) is 0.578. The summed E-state index contributed by atoms with van der Waals surface area (Å²) >= 11 is 0. The van der Waals surface area contributed by atoms with E-state index in [1.165, 1.54) is 25.7 Å². The van der Waals surface area contributed by atoms with Crippen LogP contribution in [0.2, 0.25) is 0 Å². The van der Waals surface area contributed by atoms with Crippen LogP contribution in [0.25, 0.3) is 0 Å². The lowest BCUT2D eigenvalue weighted by Crippen LogP contribution is -2.15. The van der Waals surface area contributed by atoms with Crippen molar-refractivity contribution in [2.75, 3.05) is 6.61 Å². The molecule has 0 heterocycles. The maximum atomic E-state index is 13.6. The Hall–Kier alpha value is -0.930. The minimum absolute atomic E-state index is 0.152. The van der Waals surface area contributed by atoms with Gasteiger partial charge in [0.1, 0.15) is 5.82 Å². The van der Waals surface area contributed by atoms with Crippen LogP contribution in [-0.2, 0) is 17.9 Å². The van der Waals surface area contributed by atoms with Crippen LogP contribution in [-0.4, -0.2) is 12.6 Å². The van der Waals surface area contributed by atoms with Gasteiger partial charge in [-0.1, -0.05) is 6.07 Å².